The Morgan fingerprint density at radius 2 is 1.89 bits per heavy atom. The van der Waals surface area contributed by atoms with Gasteiger partial charge in [0.1, 0.15) is 17.4 Å². The maximum Gasteiger partial charge on any atom is 0.261 e. The smallest absolute Gasteiger partial charge is 0.261 e. The molecule has 1 aliphatic rings. The molecular weight excluding hydrogens is 443 g/mol. The van der Waals surface area contributed by atoms with Crippen LogP contribution in [0.15, 0.2) is 41.5 Å². The lowest BCUT2D eigenvalue weighted by Gasteiger charge is -2.48. The summed E-state index contributed by atoms with van der Waals surface area (Å²) in [4.78, 5) is 17.8. The van der Waals surface area contributed by atoms with E-state index in [9.17, 15) is 14.4 Å². The fourth-order valence-corrected chi connectivity index (χ4v) is 5.26. The summed E-state index contributed by atoms with van der Waals surface area (Å²) in [6.07, 6.45) is 8.29. The first kappa shape index (κ1) is 26.2. The van der Waals surface area contributed by atoms with E-state index in [1.807, 2.05) is 19.9 Å². The summed E-state index contributed by atoms with van der Waals surface area (Å²) in [5.74, 6) is -0.537. The van der Waals surface area contributed by atoms with Crippen molar-refractivity contribution in [2.24, 2.45) is 5.41 Å². The van der Waals surface area contributed by atoms with Gasteiger partial charge in [-0.1, -0.05) is 40.5 Å². The normalized spacial score (nSPS) is 14.4. The number of hydrogen-bond donors (Lipinski definition) is 1. The molecular formula is C28H35FN4O2. The van der Waals surface area contributed by atoms with Crippen molar-refractivity contribution in [2.75, 3.05) is 12.4 Å². The Labute approximate surface area is 206 Å². The van der Waals surface area contributed by atoms with Crippen molar-refractivity contribution < 1.29 is 9.13 Å². The maximum atomic E-state index is 14.5. The highest BCUT2D eigenvalue weighted by Crippen LogP contribution is 2.54. The molecule has 7 heteroatoms. The Bertz CT molecular complexity index is 1260. The van der Waals surface area contributed by atoms with Gasteiger partial charge in [0.05, 0.1) is 22.9 Å². The van der Waals surface area contributed by atoms with Crippen LogP contribution in [0.3, 0.4) is 0 Å². The molecule has 1 N–H and O–H groups in total. The van der Waals surface area contributed by atoms with Crippen LogP contribution in [0.2, 0.25) is 0 Å². The number of rotatable bonds is 8. The van der Waals surface area contributed by atoms with Crippen LogP contribution in [-0.4, -0.2) is 16.6 Å². The molecule has 0 bridgehead atoms. The van der Waals surface area contributed by atoms with Gasteiger partial charge in [0.15, 0.2) is 11.6 Å². The van der Waals surface area contributed by atoms with Gasteiger partial charge in [-0.25, -0.2) is 9.37 Å². The number of hydrogen-bond acceptors (Lipinski definition) is 5. The molecule has 2 aromatic carbocycles. The quantitative estimate of drug-likeness (QED) is 0.371. The maximum absolute atomic E-state index is 14.5. The number of nitriles is 1. The number of nitrogens with one attached hydrogen (secondary N) is 1. The first-order chi connectivity index (χ1) is 16.9. The Hall–Kier alpha value is -3.40. The first-order valence-electron chi connectivity index (χ1n) is 12.5. The van der Waals surface area contributed by atoms with E-state index in [0.29, 0.717) is 22.0 Å². The molecule has 1 saturated carbocycles. The fourth-order valence-electron chi connectivity index (χ4n) is 5.26. The van der Waals surface area contributed by atoms with Crippen LogP contribution < -0.4 is 15.6 Å². The van der Waals surface area contributed by atoms with Gasteiger partial charge in [0.2, 0.25) is 0 Å². The predicted octanol–water partition coefficient (Wildman–Crippen LogP) is 7.19. The molecule has 0 spiro atoms. The minimum absolute atomic E-state index is 0.0684. The van der Waals surface area contributed by atoms with Gasteiger partial charge in [-0.3, -0.25) is 9.36 Å². The molecule has 0 radical (unpaired) electrons. The molecule has 4 rings (SSSR count). The number of ether oxygens (including phenoxy) is 1. The summed E-state index contributed by atoms with van der Waals surface area (Å²) in [6.45, 7) is 8.42. The van der Waals surface area contributed by atoms with Crippen molar-refractivity contribution in [1.29, 1.82) is 5.26 Å². The second-order valence-electron chi connectivity index (χ2n) is 8.96. The van der Waals surface area contributed by atoms with E-state index in [-0.39, 0.29) is 28.7 Å². The van der Waals surface area contributed by atoms with E-state index in [0.717, 1.165) is 25.7 Å². The van der Waals surface area contributed by atoms with Crippen molar-refractivity contribution >= 4 is 16.6 Å². The second-order valence-corrected chi connectivity index (χ2v) is 8.96. The molecule has 3 aromatic rings. The Balaban J connectivity index is 0.00000167. The monoisotopic (exact) mass is 478 g/mol. The summed E-state index contributed by atoms with van der Waals surface area (Å²) >= 11 is 0. The zero-order valence-corrected chi connectivity index (χ0v) is 21.3. The van der Waals surface area contributed by atoms with Gasteiger partial charge in [0, 0.05) is 13.1 Å². The summed E-state index contributed by atoms with van der Waals surface area (Å²) in [5, 5.41) is 12.8. The van der Waals surface area contributed by atoms with Crippen molar-refractivity contribution in [1.82, 2.24) is 9.55 Å². The van der Waals surface area contributed by atoms with Gasteiger partial charge in [0.25, 0.3) is 5.56 Å². The van der Waals surface area contributed by atoms with Crippen molar-refractivity contribution in [3.63, 3.8) is 0 Å². The second kappa shape index (κ2) is 11.4. The molecule has 6 nitrogen and oxygen atoms in total. The average molecular weight is 479 g/mol. The molecule has 1 heterocycles. The Morgan fingerprint density at radius 3 is 2.49 bits per heavy atom. The standard InChI is InChI=1S/C26H29FN4O2.C2H6/c1-4-10-26(11-5-2)13-17(14-26)31-16-30-23-8-6-18(12-19(23)25(31)32)33-24-20(15-28)22(29-3)9-7-21(24)27;1-2/h6-9,12,16-17,29H,4-5,10-11,13-14H2,1-3H3;1-2H3. The molecule has 1 aromatic heterocycles. The number of fused-ring (bicyclic) bond motifs is 1. The van der Waals surface area contributed by atoms with Crippen LogP contribution >= 0.6 is 0 Å². The molecule has 0 unspecified atom stereocenters. The third-order valence-corrected chi connectivity index (χ3v) is 6.76. The summed E-state index contributed by atoms with van der Waals surface area (Å²) in [6, 6.07) is 9.75. The highest BCUT2D eigenvalue weighted by Gasteiger charge is 2.43. The lowest BCUT2D eigenvalue weighted by molar-refractivity contribution is 0.0388. The fraction of sp³-hybridized carbons (Fsp3) is 0.464. The molecule has 0 saturated heterocycles. The van der Waals surface area contributed by atoms with Crippen molar-refractivity contribution in [3.8, 4) is 17.6 Å². The minimum atomic E-state index is -0.646. The van der Waals surface area contributed by atoms with Crippen LogP contribution in [0.4, 0.5) is 10.1 Å². The van der Waals surface area contributed by atoms with E-state index in [1.54, 1.807) is 36.1 Å². The van der Waals surface area contributed by atoms with Gasteiger partial charge in [-0.15, -0.1) is 0 Å². The summed E-state index contributed by atoms with van der Waals surface area (Å²) in [5.41, 5.74) is 1.30. The SMILES string of the molecule is CC.CCCC1(CCC)CC(n2cnc3ccc(Oc4c(F)ccc(NC)c4C#N)cc3c2=O)C1. The summed E-state index contributed by atoms with van der Waals surface area (Å²) < 4.78 is 22.0. The van der Waals surface area contributed by atoms with Crippen LogP contribution in [0.25, 0.3) is 10.9 Å². The summed E-state index contributed by atoms with van der Waals surface area (Å²) in [7, 11) is 1.65. The lowest BCUT2D eigenvalue weighted by Crippen LogP contribution is -2.42. The Morgan fingerprint density at radius 1 is 1.20 bits per heavy atom. The van der Waals surface area contributed by atoms with E-state index in [4.69, 9.17) is 4.74 Å². The number of anilines is 1. The number of nitrogens with zero attached hydrogens (tertiary/aromatic N) is 3. The molecule has 1 aliphatic carbocycles. The van der Waals surface area contributed by atoms with Gasteiger partial charge >= 0.3 is 0 Å². The van der Waals surface area contributed by atoms with E-state index in [2.05, 4.69) is 24.1 Å². The lowest BCUT2D eigenvalue weighted by atomic mass is 9.61. The topological polar surface area (TPSA) is 79.9 Å². The zero-order valence-electron chi connectivity index (χ0n) is 21.3. The van der Waals surface area contributed by atoms with E-state index < -0.39 is 5.82 Å². The highest BCUT2D eigenvalue weighted by molar-refractivity contribution is 5.79. The largest absolute Gasteiger partial charge is 0.453 e. The van der Waals surface area contributed by atoms with Crippen molar-refractivity contribution in [3.05, 3.63) is 58.4 Å². The molecule has 0 atom stereocenters. The van der Waals surface area contributed by atoms with E-state index in [1.165, 1.54) is 25.0 Å². The van der Waals surface area contributed by atoms with Gasteiger partial charge in [-0.2, -0.15) is 5.26 Å². The number of aromatic nitrogens is 2. The third-order valence-electron chi connectivity index (χ3n) is 6.76. The van der Waals surface area contributed by atoms with Crippen LogP contribution in [0, 0.1) is 22.6 Å². The van der Waals surface area contributed by atoms with Crippen LogP contribution in [-0.2, 0) is 0 Å². The average Bonchev–Trinajstić information content (AvgIpc) is 2.85. The number of halogens is 1. The molecule has 0 aliphatic heterocycles. The molecule has 1 fully saturated rings. The minimum Gasteiger partial charge on any atom is -0.453 e. The highest BCUT2D eigenvalue weighted by atomic mass is 19.1. The first-order valence-corrected chi connectivity index (χ1v) is 12.5. The van der Waals surface area contributed by atoms with Crippen LogP contribution in [0.5, 0.6) is 11.5 Å². The number of benzene rings is 2. The third kappa shape index (κ3) is 5.17. The predicted molar refractivity (Wildman–Crippen MR) is 139 cm³/mol. The van der Waals surface area contributed by atoms with Gasteiger partial charge < -0.3 is 10.1 Å². The van der Waals surface area contributed by atoms with E-state index >= 15 is 0 Å². The van der Waals surface area contributed by atoms with Gasteiger partial charge in [-0.05, 0) is 61.4 Å². The Kier molecular flexibility index (Phi) is 8.50. The van der Waals surface area contributed by atoms with Crippen molar-refractivity contribution in [2.45, 2.75) is 72.3 Å². The van der Waals surface area contributed by atoms with Crippen LogP contribution in [0.1, 0.15) is 77.8 Å². The molecule has 0 amide bonds. The molecule has 35 heavy (non-hydrogen) atoms. The zero-order chi connectivity index (χ0) is 25.6. The molecule has 186 valence electrons.